The topological polar surface area (TPSA) is 3.24 Å². The summed E-state index contributed by atoms with van der Waals surface area (Å²) >= 11 is 0. The molecule has 11 aromatic carbocycles. The molecule has 2 aliphatic carbocycles. The lowest BCUT2D eigenvalue weighted by Crippen LogP contribution is -2.29. The van der Waals surface area contributed by atoms with Gasteiger partial charge in [-0.25, -0.2) is 0 Å². The molecule has 0 saturated heterocycles. The first-order valence-electron chi connectivity index (χ1n) is 24.0. The lowest BCUT2D eigenvalue weighted by Gasteiger charge is -2.36. The maximum atomic E-state index is 2.52. The first kappa shape index (κ1) is 40.5. The van der Waals surface area contributed by atoms with E-state index in [0.717, 1.165) is 28.2 Å². The Labute approximate surface area is 404 Å². The standard InChI is InChI=1S/C68H47N/c1-7-23-48(24-8-1)50-43-51(49-25-9-2-10-26-49)45-58(44-50)69(56-39-41-61-59-35-19-21-37-63(59)67(65(61)46-56,52-27-11-3-12-28-52)53-29-13-4-14-30-53)57-40-42-62-60-36-20-22-38-64(60)68(66(62)47-57,54-31-15-5-16-32-54)55-33-17-6-18-34-55/h1-47H. The second-order valence-electron chi connectivity index (χ2n) is 18.4. The lowest BCUT2D eigenvalue weighted by atomic mass is 9.67. The lowest BCUT2D eigenvalue weighted by molar-refractivity contribution is 0.767. The Morgan fingerprint density at radius 3 is 0.870 bits per heavy atom. The van der Waals surface area contributed by atoms with Crippen LogP contribution in [-0.4, -0.2) is 0 Å². The average molecular weight is 878 g/mol. The van der Waals surface area contributed by atoms with Gasteiger partial charge in [-0.15, -0.1) is 0 Å². The zero-order valence-corrected chi connectivity index (χ0v) is 38.1. The van der Waals surface area contributed by atoms with Gasteiger partial charge in [0.05, 0.1) is 10.8 Å². The molecule has 0 amide bonds. The molecular weight excluding hydrogens is 831 g/mol. The van der Waals surface area contributed by atoms with Crippen LogP contribution in [0, 0.1) is 0 Å². The van der Waals surface area contributed by atoms with Gasteiger partial charge < -0.3 is 4.90 Å². The SMILES string of the molecule is c1ccc(-c2cc(-c3ccccc3)cc(N(c3ccc4c(c3)C(c3ccccc3)(c3ccccc3)c3ccccc3-4)c3ccc4c(c3)C(c3ccccc3)(c3ccccc3)c3ccccc3-4)c2)cc1. The van der Waals surface area contributed by atoms with Gasteiger partial charge in [-0.3, -0.25) is 0 Å². The van der Waals surface area contributed by atoms with E-state index in [1.54, 1.807) is 0 Å². The minimum Gasteiger partial charge on any atom is -0.310 e. The number of nitrogens with zero attached hydrogens (tertiary/aromatic N) is 1. The van der Waals surface area contributed by atoms with Crippen molar-refractivity contribution in [2.24, 2.45) is 0 Å². The first-order valence-corrected chi connectivity index (χ1v) is 24.0. The molecule has 1 heteroatoms. The van der Waals surface area contributed by atoms with Crippen LogP contribution in [-0.2, 0) is 10.8 Å². The molecule has 69 heavy (non-hydrogen) atoms. The van der Waals surface area contributed by atoms with Crippen molar-refractivity contribution in [1.82, 2.24) is 0 Å². The maximum absolute atomic E-state index is 2.52. The van der Waals surface area contributed by atoms with Crippen LogP contribution in [0.1, 0.15) is 44.5 Å². The summed E-state index contributed by atoms with van der Waals surface area (Å²) in [6.45, 7) is 0. The summed E-state index contributed by atoms with van der Waals surface area (Å²) in [6, 6.07) is 106. The third-order valence-electron chi connectivity index (χ3n) is 14.8. The fourth-order valence-electron chi connectivity index (χ4n) is 11.9. The monoisotopic (exact) mass is 877 g/mol. The third kappa shape index (κ3) is 6.32. The number of anilines is 3. The van der Waals surface area contributed by atoms with Gasteiger partial charge in [0.25, 0.3) is 0 Å². The Hall–Kier alpha value is -8.78. The molecule has 0 bridgehead atoms. The van der Waals surface area contributed by atoms with Crippen LogP contribution in [0.5, 0.6) is 0 Å². The molecule has 11 aromatic rings. The van der Waals surface area contributed by atoms with E-state index in [1.165, 1.54) is 77.9 Å². The van der Waals surface area contributed by atoms with Crippen molar-refractivity contribution in [2.75, 3.05) is 4.90 Å². The van der Waals surface area contributed by atoms with Crippen molar-refractivity contribution in [3.05, 3.63) is 330 Å². The molecule has 0 fully saturated rings. The van der Waals surface area contributed by atoms with Gasteiger partial charge in [-0.05, 0) is 131 Å². The number of hydrogen-bond acceptors (Lipinski definition) is 1. The van der Waals surface area contributed by atoms with Gasteiger partial charge >= 0.3 is 0 Å². The predicted octanol–water partition coefficient (Wildman–Crippen LogP) is 17.2. The molecule has 0 spiro atoms. The highest BCUT2D eigenvalue weighted by atomic mass is 15.1. The van der Waals surface area contributed by atoms with Crippen molar-refractivity contribution in [3.63, 3.8) is 0 Å². The van der Waals surface area contributed by atoms with Crippen molar-refractivity contribution in [1.29, 1.82) is 0 Å². The normalized spacial score (nSPS) is 13.4. The van der Waals surface area contributed by atoms with Crippen LogP contribution in [0.25, 0.3) is 44.5 Å². The van der Waals surface area contributed by atoms with Crippen molar-refractivity contribution in [2.45, 2.75) is 10.8 Å². The molecule has 0 saturated carbocycles. The first-order chi connectivity index (χ1) is 34.2. The number of rotatable bonds is 9. The molecule has 324 valence electrons. The van der Waals surface area contributed by atoms with E-state index in [4.69, 9.17) is 0 Å². The highest BCUT2D eigenvalue weighted by Crippen LogP contribution is 2.59. The quantitative estimate of drug-likeness (QED) is 0.140. The van der Waals surface area contributed by atoms with Crippen LogP contribution in [0.3, 0.4) is 0 Å². The Kier molecular flexibility index (Phi) is 9.70. The summed E-state index contributed by atoms with van der Waals surface area (Å²) < 4.78 is 0. The Balaban J connectivity index is 1.13. The second kappa shape index (κ2) is 16.5. The fourth-order valence-corrected chi connectivity index (χ4v) is 11.9. The van der Waals surface area contributed by atoms with Crippen LogP contribution in [0.15, 0.2) is 285 Å². The van der Waals surface area contributed by atoms with Crippen molar-refractivity contribution >= 4 is 17.1 Å². The summed E-state index contributed by atoms with van der Waals surface area (Å²) in [6.07, 6.45) is 0. The zero-order valence-electron chi connectivity index (χ0n) is 38.1. The van der Waals surface area contributed by atoms with E-state index in [0.29, 0.717) is 0 Å². The maximum Gasteiger partial charge on any atom is 0.0714 e. The van der Waals surface area contributed by atoms with Crippen LogP contribution >= 0.6 is 0 Å². The number of benzene rings is 11. The number of hydrogen-bond donors (Lipinski definition) is 0. The molecule has 0 radical (unpaired) electrons. The highest BCUT2D eigenvalue weighted by Gasteiger charge is 2.48. The van der Waals surface area contributed by atoms with Crippen molar-refractivity contribution < 1.29 is 0 Å². The highest BCUT2D eigenvalue weighted by molar-refractivity contribution is 5.93. The summed E-state index contributed by atoms with van der Waals surface area (Å²) in [4.78, 5) is 2.52. The minimum atomic E-state index is -0.563. The van der Waals surface area contributed by atoms with Gasteiger partial charge in [0.1, 0.15) is 0 Å². The van der Waals surface area contributed by atoms with E-state index >= 15 is 0 Å². The molecule has 1 nitrogen and oxygen atoms in total. The molecule has 0 heterocycles. The summed E-state index contributed by atoms with van der Waals surface area (Å²) in [5.74, 6) is 0. The number of fused-ring (bicyclic) bond motifs is 6. The third-order valence-corrected chi connectivity index (χ3v) is 14.8. The average Bonchev–Trinajstić information content (AvgIpc) is 3.90. The van der Waals surface area contributed by atoms with Gasteiger partial charge in [-0.1, -0.05) is 243 Å². The second-order valence-corrected chi connectivity index (χ2v) is 18.4. The summed E-state index contributed by atoms with van der Waals surface area (Å²) in [5, 5.41) is 0. The van der Waals surface area contributed by atoms with Gasteiger partial charge in [-0.2, -0.15) is 0 Å². The molecule has 0 atom stereocenters. The Bertz CT molecular complexity index is 3320. The van der Waals surface area contributed by atoms with E-state index in [1.807, 2.05) is 0 Å². The van der Waals surface area contributed by atoms with Crippen LogP contribution in [0.2, 0.25) is 0 Å². The molecule has 0 aromatic heterocycles. The Morgan fingerprint density at radius 2 is 0.507 bits per heavy atom. The van der Waals surface area contributed by atoms with Gasteiger partial charge in [0, 0.05) is 17.1 Å². The van der Waals surface area contributed by atoms with Crippen LogP contribution < -0.4 is 4.90 Å². The summed E-state index contributed by atoms with van der Waals surface area (Å²) in [5.41, 5.74) is 21.9. The Morgan fingerprint density at radius 1 is 0.203 bits per heavy atom. The molecule has 0 N–H and O–H groups in total. The van der Waals surface area contributed by atoms with Gasteiger partial charge in [0.2, 0.25) is 0 Å². The molecule has 13 rings (SSSR count). The van der Waals surface area contributed by atoms with Crippen molar-refractivity contribution in [3.8, 4) is 44.5 Å². The largest absolute Gasteiger partial charge is 0.310 e. The van der Waals surface area contributed by atoms with E-state index < -0.39 is 10.8 Å². The van der Waals surface area contributed by atoms with E-state index in [2.05, 4.69) is 290 Å². The minimum absolute atomic E-state index is 0.563. The summed E-state index contributed by atoms with van der Waals surface area (Å²) in [7, 11) is 0. The predicted molar refractivity (Wildman–Crippen MR) is 287 cm³/mol. The smallest absolute Gasteiger partial charge is 0.0714 e. The van der Waals surface area contributed by atoms with Crippen LogP contribution in [0.4, 0.5) is 17.1 Å². The van der Waals surface area contributed by atoms with Gasteiger partial charge in [0.15, 0.2) is 0 Å². The fraction of sp³-hybridized carbons (Fsp3) is 0.0294. The van der Waals surface area contributed by atoms with E-state index in [9.17, 15) is 0 Å². The zero-order chi connectivity index (χ0) is 45.8. The molecule has 0 aliphatic heterocycles. The van der Waals surface area contributed by atoms with E-state index in [-0.39, 0.29) is 0 Å². The molecule has 2 aliphatic rings. The molecular formula is C68H47N. The molecule has 0 unspecified atom stereocenters.